The molecule has 4 aromatic rings. The Morgan fingerprint density at radius 1 is 1.05 bits per heavy atom. The van der Waals surface area contributed by atoms with E-state index in [9.17, 15) is 14.7 Å². The van der Waals surface area contributed by atoms with Gasteiger partial charge in [0.15, 0.2) is 4.80 Å². The number of aromatic nitrogens is 1. The van der Waals surface area contributed by atoms with E-state index in [1.165, 1.54) is 11.3 Å². The molecule has 2 N–H and O–H groups in total. The number of carbonyl (C=O) groups excluding carboxylic acids is 1. The highest BCUT2D eigenvalue weighted by Crippen LogP contribution is 2.32. The van der Waals surface area contributed by atoms with Crippen LogP contribution in [0.25, 0.3) is 6.08 Å². The van der Waals surface area contributed by atoms with Gasteiger partial charge in [0, 0.05) is 5.69 Å². The number of ether oxygens (including phenoxy) is 1. The molecular formula is C30H27N3O4S. The summed E-state index contributed by atoms with van der Waals surface area (Å²) in [6.45, 7) is 5.75. The number of carbonyl (C=O) groups is 1. The molecule has 0 unspecified atom stereocenters. The van der Waals surface area contributed by atoms with Crippen LogP contribution in [0.2, 0.25) is 0 Å². The number of methoxy groups -OCH3 is 1. The Balaban J connectivity index is 1.66. The zero-order chi connectivity index (χ0) is 27.0. The van der Waals surface area contributed by atoms with Gasteiger partial charge in [0.05, 0.1) is 29.0 Å². The molecule has 0 saturated heterocycles. The van der Waals surface area contributed by atoms with Crippen LogP contribution in [-0.2, 0) is 4.79 Å². The highest BCUT2D eigenvalue weighted by Gasteiger charge is 2.32. The minimum Gasteiger partial charge on any atom is -0.508 e. The fourth-order valence-corrected chi connectivity index (χ4v) is 5.63. The second-order valence-corrected chi connectivity index (χ2v) is 10.2. The Morgan fingerprint density at radius 3 is 2.42 bits per heavy atom. The summed E-state index contributed by atoms with van der Waals surface area (Å²) in [4.78, 5) is 32.7. The molecule has 5 rings (SSSR count). The van der Waals surface area contributed by atoms with Crippen LogP contribution in [0.5, 0.6) is 11.5 Å². The van der Waals surface area contributed by atoms with Gasteiger partial charge in [-0.2, -0.15) is 0 Å². The average Bonchev–Trinajstić information content (AvgIpc) is 3.20. The van der Waals surface area contributed by atoms with Gasteiger partial charge in [-0.05, 0) is 73.9 Å². The summed E-state index contributed by atoms with van der Waals surface area (Å²) < 4.78 is 7.40. The van der Waals surface area contributed by atoms with Crippen molar-refractivity contribution in [3.8, 4) is 11.5 Å². The van der Waals surface area contributed by atoms with Gasteiger partial charge in [-0.3, -0.25) is 14.2 Å². The van der Waals surface area contributed by atoms with E-state index in [2.05, 4.69) is 10.3 Å². The monoisotopic (exact) mass is 525 g/mol. The number of phenolic OH excluding ortho intramolecular Hbond substituents is 1. The van der Waals surface area contributed by atoms with Crippen molar-refractivity contribution in [3.05, 3.63) is 120 Å². The van der Waals surface area contributed by atoms with Crippen LogP contribution in [0.3, 0.4) is 0 Å². The lowest BCUT2D eigenvalue weighted by molar-refractivity contribution is -0.113. The largest absolute Gasteiger partial charge is 0.508 e. The summed E-state index contributed by atoms with van der Waals surface area (Å²) in [5, 5.41) is 12.6. The number of aryl methyl sites for hydroxylation is 2. The molecule has 0 spiro atoms. The lowest BCUT2D eigenvalue weighted by atomic mass is 9.95. The van der Waals surface area contributed by atoms with E-state index in [0.717, 1.165) is 22.3 Å². The SMILES string of the molecule is COc1ccc([C@H]2C(C(=O)Nc3ccc(C)cc3C)=C(C)N=c3s/c(=C/c4ccc(O)cc4)c(=O)n32)cc1. The zero-order valence-electron chi connectivity index (χ0n) is 21.5. The lowest BCUT2D eigenvalue weighted by Crippen LogP contribution is -2.40. The molecule has 0 radical (unpaired) electrons. The molecule has 0 aliphatic carbocycles. The maximum absolute atomic E-state index is 13.8. The highest BCUT2D eigenvalue weighted by molar-refractivity contribution is 7.07. The molecule has 1 amide bonds. The number of rotatable bonds is 5. The Morgan fingerprint density at radius 2 is 1.76 bits per heavy atom. The van der Waals surface area contributed by atoms with E-state index < -0.39 is 6.04 Å². The number of allylic oxidation sites excluding steroid dienone is 1. The first-order valence-corrected chi connectivity index (χ1v) is 12.9. The van der Waals surface area contributed by atoms with Crippen molar-refractivity contribution in [2.45, 2.75) is 26.8 Å². The number of nitrogens with zero attached hydrogens (tertiary/aromatic N) is 2. The Hall–Kier alpha value is -4.43. The van der Waals surface area contributed by atoms with Gasteiger partial charge >= 0.3 is 0 Å². The van der Waals surface area contributed by atoms with Gasteiger partial charge < -0.3 is 15.2 Å². The first kappa shape index (κ1) is 25.2. The molecule has 0 bridgehead atoms. The van der Waals surface area contributed by atoms with E-state index in [4.69, 9.17) is 4.74 Å². The van der Waals surface area contributed by atoms with Crippen molar-refractivity contribution in [1.82, 2.24) is 4.57 Å². The topological polar surface area (TPSA) is 92.9 Å². The molecule has 3 aromatic carbocycles. The van der Waals surface area contributed by atoms with Gasteiger partial charge in [-0.1, -0.05) is 53.3 Å². The van der Waals surface area contributed by atoms with E-state index in [1.54, 1.807) is 48.9 Å². The standard InChI is InChI=1S/C30H27N3O4S/c1-17-5-14-24(18(2)15-17)32-28(35)26-19(3)31-30-33(27(26)21-8-12-23(37-4)13-9-21)29(36)25(38-30)16-20-6-10-22(34)11-7-20/h5-16,27,34H,1-4H3,(H,32,35)/b25-16+/t27-/m0/s1. The molecule has 192 valence electrons. The number of fused-ring (bicyclic) bond motifs is 1. The van der Waals surface area contributed by atoms with Crippen molar-refractivity contribution in [1.29, 1.82) is 0 Å². The smallest absolute Gasteiger partial charge is 0.271 e. The van der Waals surface area contributed by atoms with Crippen LogP contribution in [0, 0.1) is 13.8 Å². The number of nitrogens with one attached hydrogen (secondary N) is 1. The van der Waals surface area contributed by atoms with Crippen LogP contribution in [0.15, 0.2) is 87.8 Å². The third-order valence-corrected chi connectivity index (χ3v) is 7.50. The molecule has 1 aromatic heterocycles. The maximum atomic E-state index is 13.8. The number of thiazole rings is 1. The Kier molecular flexibility index (Phi) is 6.73. The summed E-state index contributed by atoms with van der Waals surface area (Å²) in [7, 11) is 1.59. The first-order valence-electron chi connectivity index (χ1n) is 12.1. The van der Waals surface area contributed by atoms with Crippen molar-refractivity contribution in [3.63, 3.8) is 0 Å². The number of anilines is 1. The van der Waals surface area contributed by atoms with Crippen molar-refractivity contribution >= 4 is 29.0 Å². The molecule has 1 aliphatic heterocycles. The van der Waals surface area contributed by atoms with Crippen LogP contribution in [0.1, 0.15) is 35.2 Å². The zero-order valence-corrected chi connectivity index (χ0v) is 22.3. The summed E-state index contributed by atoms with van der Waals surface area (Å²) in [6, 6.07) is 19.1. The molecule has 1 atom stereocenters. The van der Waals surface area contributed by atoms with Crippen LogP contribution < -0.4 is 24.9 Å². The highest BCUT2D eigenvalue weighted by atomic mass is 32.1. The second kappa shape index (κ2) is 10.1. The number of hydrogen-bond donors (Lipinski definition) is 2. The van der Waals surface area contributed by atoms with Crippen LogP contribution >= 0.6 is 11.3 Å². The predicted molar refractivity (Wildman–Crippen MR) is 149 cm³/mol. The third kappa shape index (κ3) is 4.78. The summed E-state index contributed by atoms with van der Waals surface area (Å²) in [5.74, 6) is 0.514. The number of amides is 1. The minimum atomic E-state index is -0.676. The number of aromatic hydroxyl groups is 1. The lowest BCUT2D eigenvalue weighted by Gasteiger charge is -2.25. The fraction of sp³-hybridized carbons (Fsp3) is 0.167. The van der Waals surface area contributed by atoms with Crippen LogP contribution in [0.4, 0.5) is 5.69 Å². The van der Waals surface area contributed by atoms with Gasteiger partial charge in [0.2, 0.25) is 0 Å². The summed E-state index contributed by atoms with van der Waals surface area (Å²) >= 11 is 1.27. The van der Waals surface area contributed by atoms with Gasteiger partial charge in [0.25, 0.3) is 11.5 Å². The van der Waals surface area contributed by atoms with E-state index >= 15 is 0 Å². The van der Waals surface area contributed by atoms with E-state index in [1.807, 2.05) is 56.3 Å². The molecule has 38 heavy (non-hydrogen) atoms. The predicted octanol–water partition coefficient (Wildman–Crippen LogP) is 4.20. The normalized spacial score (nSPS) is 15.2. The molecule has 1 aliphatic rings. The minimum absolute atomic E-state index is 0.151. The fourth-order valence-electron chi connectivity index (χ4n) is 4.58. The van der Waals surface area contributed by atoms with Crippen molar-refractivity contribution in [2.24, 2.45) is 4.99 Å². The van der Waals surface area contributed by atoms with Gasteiger partial charge in [-0.15, -0.1) is 0 Å². The Bertz CT molecular complexity index is 1750. The number of hydrogen-bond acceptors (Lipinski definition) is 6. The average molecular weight is 526 g/mol. The summed E-state index contributed by atoms with van der Waals surface area (Å²) in [5.41, 5.74) is 5.01. The quantitative estimate of drug-likeness (QED) is 0.408. The molecule has 2 heterocycles. The molecule has 7 nitrogen and oxygen atoms in total. The Labute approximate surface area is 223 Å². The van der Waals surface area contributed by atoms with Crippen LogP contribution in [-0.4, -0.2) is 22.7 Å². The van der Waals surface area contributed by atoms with E-state index in [0.29, 0.717) is 32.0 Å². The van der Waals surface area contributed by atoms with Gasteiger partial charge in [-0.25, -0.2) is 4.99 Å². The number of phenols is 1. The summed E-state index contributed by atoms with van der Waals surface area (Å²) in [6.07, 6.45) is 1.77. The molecule has 0 saturated carbocycles. The third-order valence-electron chi connectivity index (χ3n) is 6.52. The molecule has 0 fully saturated rings. The molecular weight excluding hydrogens is 498 g/mol. The molecule has 8 heteroatoms. The first-order chi connectivity index (χ1) is 18.2. The number of benzene rings is 3. The maximum Gasteiger partial charge on any atom is 0.271 e. The van der Waals surface area contributed by atoms with Crippen molar-refractivity contribution < 1.29 is 14.6 Å². The van der Waals surface area contributed by atoms with Gasteiger partial charge in [0.1, 0.15) is 11.5 Å². The van der Waals surface area contributed by atoms with E-state index in [-0.39, 0.29) is 17.2 Å². The van der Waals surface area contributed by atoms with Crippen molar-refractivity contribution in [2.75, 3.05) is 12.4 Å². The second-order valence-electron chi connectivity index (χ2n) is 9.22.